The Hall–Kier alpha value is -0.590. The van der Waals surface area contributed by atoms with Gasteiger partial charge in [-0.3, -0.25) is 0 Å². The van der Waals surface area contributed by atoms with Crippen LogP contribution in [-0.4, -0.2) is 23.8 Å². The molecule has 104 valence electrons. The molecular weight excluding hydrogens is 224 g/mol. The smallest absolute Gasteiger partial charge is 0.0621 e. The molecule has 0 aromatic carbocycles. The highest BCUT2D eigenvalue weighted by Crippen LogP contribution is 2.43. The molecule has 0 bridgehead atoms. The molecule has 1 rings (SSSR count). The minimum absolute atomic E-state index is 0.103. The number of nitriles is 1. The molecule has 3 heteroatoms. The van der Waals surface area contributed by atoms with E-state index in [-0.39, 0.29) is 12.1 Å². The van der Waals surface area contributed by atoms with E-state index in [9.17, 15) is 5.11 Å². The van der Waals surface area contributed by atoms with Crippen molar-refractivity contribution < 1.29 is 5.11 Å². The number of unbranched alkanes of at least 4 members (excludes halogenated alkanes) is 2. The molecule has 0 aromatic rings. The van der Waals surface area contributed by atoms with Crippen molar-refractivity contribution in [1.29, 1.82) is 5.26 Å². The van der Waals surface area contributed by atoms with E-state index in [4.69, 9.17) is 5.26 Å². The van der Waals surface area contributed by atoms with Crippen molar-refractivity contribution in [2.75, 3.05) is 13.2 Å². The fourth-order valence-electron chi connectivity index (χ4n) is 3.74. The Labute approximate surface area is 112 Å². The normalized spacial score (nSPS) is 30.9. The molecule has 2 N–H and O–H groups in total. The molecule has 0 aromatic heterocycles. The van der Waals surface area contributed by atoms with Crippen LogP contribution in [0.1, 0.15) is 59.3 Å². The second-order valence-electron chi connectivity index (χ2n) is 6.83. The lowest BCUT2D eigenvalue weighted by Crippen LogP contribution is -2.55. The minimum Gasteiger partial charge on any atom is -0.394 e. The van der Waals surface area contributed by atoms with E-state index in [0.717, 1.165) is 32.2 Å². The fourth-order valence-corrected chi connectivity index (χ4v) is 3.74. The number of hydrogen-bond donors (Lipinski definition) is 2. The summed E-state index contributed by atoms with van der Waals surface area (Å²) in [6, 6.07) is 2.17. The summed E-state index contributed by atoms with van der Waals surface area (Å²) < 4.78 is 0. The quantitative estimate of drug-likeness (QED) is 0.715. The van der Waals surface area contributed by atoms with Gasteiger partial charge in [-0.2, -0.15) is 5.26 Å². The number of nitrogens with one attached hydrogen (secondary N) is 1. The maximum absolute atomic E-state index is 9.78. The van der Waals surface area contributed by atoms with Crippen LogP contribution in [0.25, 0.3) is 0 Å². The molecule has 0 heterocycles. The first kappa shape index (κ1) is 15.5. The lowest BCUT2D eigenvalue weighted by atomic mass is 9.64. The molecule has 0 unspecified atom stereocenters. The van der Waals surface area contributed by atoms with Gasteiger partial charge >= 0.3 is 0 Å². The van der Waals surface area contributed by atoms with Gasteiger partial charge in [0.1, 0.15) is 0 Å². The van der Waals surface area contributed by atoms with E-state index in [1.54, 1.807) is 0 Å². The molecule has 0 saturated heterocycles. The van der Waals surface area contributed by atoms with Crippen molar-refractivity contribution >= 4 is 0 Å². The summed E-state index contributed by atoms with van der Waals surface area (Å²) >= 11 is 0. The number of nitrogens with zero attached hydrogens (tertiary/aromatic N) is 1. The Morgan fingerprint density at radius 3 is 2.61 bits per heavy atom. The third-order valence-electron chi connectivity index (χ3n) is 3.98. The van der Waals surface area contributed by atoms with Gasteiger partial charge in [-0.15, -0.1) is 0 Å². The molecule has 1 aliphatic carbocycles. The average Bonchev–Trinajstić information content (AvgIpc) is 2.26. The molecule has 0 amide bonds. The van der Waals surface area contributed by atoms with Crippen LogP contribution in [0.3, 0.4) is 0 Å². The summed E-state index contributed by atoms with van der Waals surface area (Å²) in [4.78, 5) is 0. The van der Waals surface area contributed by atoms with E-state index < -0.39 is 0 Å². The SMILES string of the molecule is C[C@H]1CC(C)(C)C[C@](CO)(NCCCCC#N)C1. The van der Waals surface area contributed by atoms with E-state index in [2.05, 4.69) is 32.2 Å². The number of aliphatic hydroxyl groups is 1. The molecule has 1 aliphatic rings. The molecule has 1 fully saturated rings. The van der Waals surface area contributed by atoms with Crippen LogP contribution in [0, 0.1) is 22.7 Å². The first-order valence-corrected chi connectivity index (χ1v) is 7.16. The second kappa shape index (κ2) is 6.54. The van der Waals surface area contributed by atoms with Crippen LogP contribution in [0.2, 0.25) is 0 Å². The molecular formula is C15H28N2O. The van der Waals surface area contributed by atoms with Gasteiger partial charge in [0.05, 0.1) is 12.7 Å². The predicted molar refractivity (Wildman–Crippen MR) is 74.1 cm³/mol. The number of aliphatic hydroxyl groups excluding tert-OH is 1. The predicted octanol–water partition coefficient (Wildman–Crippen LogP) is 2.85. The van der Waals surface area contributed by atoms with Crippen molar-refractivity contribution in [2.24, 2.45) is 11.3 Å². The summed E-state index contributed by atoms with van der Waals surface area (Å²) in [5, 5.41) is 21.9. The van der Waals surface area contributed by atoms with E-state index in [0.29, 0.717) is 17.8 Å². The van der Waals surface area contributed by atoms with Crippen LogP contribution in [0.15, 0.2) is 0 Å². The third-order valence-corrected chi connectivity index (χ3v) is 3.98. The molecule has 0 radical (unpaired) electrons. The largest absolute Gasteiger partial charge is 0.394 e. The van der Waals surface area contributed by atoms with Gasteiger partial charge in [0, 0.05) is 12.0 Å². The van der Waals surface area contributed by atoms with Gasteiger partial charge in [0.25, 0.3) is 0 Å². The topological polar surface area (TPSA) is 56.0 Å². The van der Waals surface area contributed by atoms with E-state index in [1.807, 2.05) is 0 Å². The molecule has 2 atom stereocenters. The summed E-state index contributed by atoms with van der Waals surface area (Å²) in [5.41, 5.74) is 0.202. The summed E-state index contributed by atoms with van der Waals surface area (Å²) in [7, 11) is 0. The molecule has 3 nitrogen and oxygen atoms in total. The average molecular weight is 252 g/mol. The van der Waals surface area contributed by atoms with E-state index in [1.165, 1.54) is 6.42 Å². The molecule has 1 saturated carbocycles. The lowest BCUT2D eigenvalue weighted by molar-refractivity contribution is 0.0364. The lowest BCUT2D eigenvalue weighted by Gasteiger charge is -2.47. The highest BCUT2D eigenvalue weighted by Gasteiger charge is 2.41. The first-order chi connectivity index (χ1) is 8.43. The number of hydrogen-bond acceptors (Lipinski definition) is 3. The maximum atomic E-state index is 9.78. The highest BCUT2D eigenvalue weighted by atomic mass is 16.3. The second-order valence-corrected chi connectivity index (χ2v) is 6.83. The monoisotopic (exact) mass is 252 g/mol. The zero-order valence-corrected chi connectivity index (χ0v) is 12.1. The summed E-state index contributed by atoms with van der Waals surface area (Å²) in [6.45, 7) is 8.00. The Bertz CT molecular complexity index is 295. The number of rotatable bonds is 6. The zero-order chi connectivity index (χ0) is 13.6. The third kappa shape index (κ3) is 4.59. The van der Waals surface area contributed by atoms with E-state index >= 15 is 0 Å². The van der Waals surface area contributed by atoms with Gasteiger partial charge in [-0.25, -0.2) is 0 Å². The van der Waals surface area contributed by atoms with Crippen molar-refractivity contribution in [2.45, 2.75) is 64.8 Å². The summed E-state index contributed by atoms with van der Waals surface area (Å²) in [6.07, 6.45) is 5.94. The van der Waals surface area contributed by atoms with Crippen molar-refractivity contribution in [3.63, 3.8) is 0 Å². The Kier molecular flexibility index (Phi) is 5.62. The van der Waals surface area contributed by atoms with Crippen LogP contribution >= 0.6 is 0 Å². The Morgan fingerprint density at radius 1 is 1.33 bits per heavy atom. The highest BCUT2D eigenvalue weighted by molar-refractivity contribution is 4.98. The Balaban J connectivity index is 2.49. The van der Waals surface area contributed by atoms with Gasteiger partial charge in [0.15, 0.2) is 0 Å². The van der Waals surface area contributed by atoms with Crippen LogP contribution in [0.5, 0.6) is 0 Å². The first-order valence-electron chi connectivity index (χ1n) is 7.16. The van der Waals surface area contributed by atoms with Crippen molar-refractivity contribution in [3.8, 4) is 6.07 Å². The minimum atomic E-state index is -0.103. The fraction of sp³-hybridized carbons (Fsp3) is 0.933. The van der Waals surface area contributed by atoms with Crippen LogP contribution in [-0.2, 0) is 0 Å². The van der Waals surface area contributed by atoms with Crippen molar-refractivity contribution in [1.82, 2.24) is 5.32 Å². The maximum Gasteiger partial charge on any atom is 0.0621 e. The van der Waals surface area contributed by atoms with Gasteiger partial charge in [-0.05, 0) is 50.0 Å². The molecule has 18 heavy (non-hydrogen) atoms. The van der Waals surface area contributed by atoms with Crippen LogP contribution < -0.4 is 5.32 Å². The van der Waals surface area contributed by atoms with Crippen LogP contribution in [0.4, 0.5) is 0 Å². The van der Waals surface area contributed by atoms with Gasteiger partial charge in [0.2, 0.25) is 0 Å². The standard InChI is InChI=1S/C15H28N2O/c1-13-9-14(2,3)11-15(10-13,12-18)17-8-6-4-5-7-16/h13,17-18H,4-6,8-12H2,1-3H3/t13-,15+/m0/s1. The Morgan fingerprint density at radius 2 is 2.06 bits per heavy atom. The van der Waals surface area contributed by atoms with Gasteiger partial charge in [-0.1, -0.05) is 20.8 Å². The van der Waals surface area contributed by atoms with Gasteiger partial charge < -0.3 is 10.4 Å². The van der Waals surface area contributed by atoms with Crippen molar-refractivity contribution in [3.05, 3.63) is 0 Å². The molecule has 0 aliphatic heterocycles. The summed E-state index contributed by atoms with van der Waals surface area (Å²) in [5.74, 6) is 0.660. The molecule has 0 spiro atoms. The zero-order valence-electron chi connectivity index (χ0n) is 12.1.